The van der Waals surface area contributed by atoms with Crippen LogP contribution in [-0.2, 0) is 57.1 Å². The number of carbonyl (C=O) groups excluding carboxylic acids is 3. The van der Waals surface area contributed by atoms with E-state index < -0.39 is 120 Å². The first-order valence-electron chi connectivity index (χ1n) is 27.7. The Morgan fingerprint density at radius 3 is 2.32 bits per heavy atom. The van der Waals surface area contributed by atoms with Gasteiger partial charge in [-0.1, -0.05) is 32.9 Å². The Kier molecular flexibility index (Phi) is 19.7. The number of nitrogens with one attached hydrogen (secondary N) is 2. The standard InChI is InChI=1S/C56H86FN5O16/c1-15-42-56(10)49(77-53(67)78-56)31(4)45(60-70-14)29(2)27-54(8,68)48(76-52-46(65)40(61(11)12)24-30(3)71-52)32(5)47(33(6)51(66)73-42)75-44-28-55(9,69-13)50(34(7)72-44)74-43(64)18-20-58-21-22-59-38-26-39-36(25-37(38)57)41(63)19-23-62(39)35-16-17-35/h19,23,25-26,29-35,40,42,44,46-50,52,58-59,65,68H,15-18,20-22,24,27-28H2,1-14H3/b60-45+/t29-,30-,31+,32+,33-,34+,40+,42-,44+,46-,47?,48-,49-,50+,52+,54-,55-,56-/m1/s1. The molecular weight excluding hydrogens is 1020 g/mol. The van der Waals surface area contributed by atoms with Gasteiger partial charge in [-0.3, -0.25) is 14.4 Å². The molecule has 21 nitrogen and oxygen atoms in total. The topological polar surface area (TPSA) is 246 Å². The molecule has 22 heteroatoms. The molecule has 5 aliphatic rings. The molecule has 0 amide bonds. The highest BCUT2D eigenvalue weighted by atomic mass is 19.1. The molecule has 438 valence electrons. The van der Waals surface area contributed by atoms with Crippen molar-refractivity contribution in [1.82, 2.24) is 14.8 Å². The van der Waals surface area contributed by atoms with Gasteiger partial charge in [-0.05, 0) is 99.9 Å². The highest BCUT2D eigenvalue weighted by Gasteiger charge is 2.59. The molecule has 1 aromatic heterocycles. The fourth-order valence-corrected chi connectivity index (χ4v) is 12.4. The predicted molar refractivity (Wildman–Crippen MR) is 285 cm³/mol. The lowest BCUT2D eigenvalue weighted by molar-refractivity contribution is -0.318. The molecule has 2 aromatic rings. The zero-order valence-corrected chi connectivity index (χ0v) is 47.9. The molecule has 18 atom stereocenters. The van der Waals surface area contributed by atoms with E-state index in [1.165, 1.54) is 26.4 Å². The molecule has 4 N–H and O–H groups in total. The van der Waals surface area contributed by atoms with Crippen LogP contribution >= 0.6 is 0 Å². The number of methoxy groups -OCH3 is 1. The molecule has 5 heterocycles. The average molecular weight is 1100 g/mol. The quantitative estimate of drug-likeness (QED) is 0.0630. The Morgan fingerprint density at radius 2 is 1.67 bits per heavy atom. The van der Waals surface area contributed by atoms with E-state index >= 15 is 4.39 Å². The molecule has 1 saturated carbocycles. The summed E-state index contributed by atoms with van der Waals surface area (Å²) < 4.78 is 74.0. The van der Waals surface area contributed by atoms with Crippen LogP contribution in [0.5, 0.6) is 0 Å². The maximum absolute atomic E-state index is 15.1. The maximum atomic E-state index is 15.1. The normalized spacial score (nSPS) is 38.5. The van der Waals surface area contributed by atoms with Crippen LogP contribution in [0.15, 0.2) is 34.3 Å². The minimum atomic E-state index is -1.78. The number of aromatic nitrogens is 1. The number of pyridine rings is 1. The number of ether oxygens (including phenoxy) is 9. The molecule has 1 aromatic carbocycles. The van der Waals surface area contributed by atoms with E-state index in [4.69, 9.17) is 47.5 Å². The Balaban J connectivity index is 1.09. The summed E-state index contributed by atoms with van der Waals surface area (Å²) in [6.07, 6.45) is -6.25. The minimum absolute atomic E-state index is 0.000192. The summed E-state index contributed by atoms with van der Waals surface area (Å²) in [6.45, 7) is 18.6. The van der Waals surface area contributed by atoms with Crippen LogP contribution in [0.3, 0.4) is 0 Å². The lowest BCUT2D eigenvalue weighted by Crippen LogP contribution is -2.61. The van der Waals surface area contributed by atoms with Crippen molar-refractivity contribution in [2.24, 2.45) is 28.8 Å². The third kappa shape index (κ3) is 13.3. The first-order valence-corrected chi connectivity index (χ1v) is 27.7. The first-order chi connectivity index (χ1) is 36.8. The fraction of sp³-hybridized carbons (Fsp3) is 0.768. The van der Waals surface area contributed by atoms with Gasteiger partial charge in [-0.2, -0.15) is 0 Å². The SMILES string of the molecule is CC[C@H]1OC(=O)[C@H](C)C(O[C@H]2C[C@@](C)(OC)[C@@H](OC(=O)CCNCCNc3cc4c(cc3F)c(=O)ccn4C3CC3)[C@H](C)O2)[C@H](C)[C@@H](O[C@@H]2O[C@H](C)C[C@H](N(C)C)[C@H]2O)[C@](C)(O)C[C@@H](C)/C(=N\OC)[C@H](C)[C@H]2OC(=O)O[C@@]21C. The monoisotopic (exact) mass is 1100 g/mol. The number of halogens is 1. The Morgan fingerprint density at radius 1 is 0.949 bits per heavy atom. The van der Waals surface area contributed by atoms with Gasteiger partial charge in [0.1, 0.15) is 30.7 Å². The van der Waals surface area contributed by atoms with Crippen molar-refractivity contribution in [2.75, 3.05) is 53.3 Å². The third-order valence-electron chi connectivity index (χ3n) is 16.8. The van der Waals surface area contributed by atoms with Crippen molar-refractivity contribution < 1.29 is 76.5 Å². The Labute approximate surface area is 457 Å². The van der Waals surface area contributed by atoms with Gasteiger partial charge in [0.25, 0.3) is 0 Å². The van der Waals surface area contributed by atoms with Gasteiger partial charge >= 0.3 is 18.1 Å². The molecule has 5 fully saturated rings. The molecular formula is C56H86FN5O16. The number of oxime groups is 1. The lowest BCUT2D eigenvalue weighted by atomic mass is 9.73. The molecule has 0 spiro atoms. The number of hydrogen-bond acceptors (Lipinski definition) is 20. The zero-order chi connectivity index (χ0) is 57.2. The number of aliphatic hydroxyl groups excluding tert-OH is 1. The van der Waals surface area contributed by atoms with Crippen molar-refractivity contribution in [3.63, 3.8) is 0 Å². The van der Waals surface area contributed by atoms with Crippen molar-refractivity contribution in [3.05, 3.63) is 40.4 Å². The van der Waals surface area contributed by atoms with Crippen LogP contribution < -0.4 is 16.1 Å². The summed E-state index contributed by atoms with van der Waals surface area (Å²) in [5.74, 6) is -4.95. The van der Waals surface area contributed by atoms with Crippen LogP contribution in [0.25, 0.3) is 10.9 Å². The number of aliphatic hydroxyl groups is 2. The van der Waals surface area contributed by atoms with Gasteiger partial charge < -0.3 is 77.8 Å². The highest BCUT2D eigenvalue weighted by molar-refractivity contribution is 5.89. The van der Waals surface area contributed by atoms with Gasteiger partial charge in [-0.15, -0.1) is 0 Å². The van der Waals surface area contributed by atoms with E-state index in [0.29, 0.717) is 42.2 Å². The van der Waals surface area contributed by atoms with Crippen molar-refractivity contribution in [1.29, 1.82) is 0 Å². The second-order valence-electron chi connectivity index (χ2n) is 23.2. The number of nitrogens with zero attached hydrogens (tertiary/aromatic N) is 3. The molecule has 1 unspecified atom stereocenters. The first kappa shape index (κ1) is 61.1. The van der Waals surface area contributed by atoms with E-state index in [1.54, 1.807) is 60.7 Å². The van der Waals surface area contributed by atoms with E-state index in [0.717, 1.165) is 12.8 Å². The number of fused-ring (bicyclic) bond motifs is 2. The van der Waals surface area contributed by atoms with Crippen molar-refractivity contribution >= 4 is 40.4 Å². The van der Waals surface area contributed by atoms with E-state index in [-0.39, 0.29) is 55.5 Å². The summed E-state index contributed by atoms with van der Waals surface area (Å²) >= 11 is 0. The number of esters is 2. The lowest BCUT2D eigenvalue weighted by Gasteiger charge is -2.49. The smallest absolute Gasteiger partial charge is 0.458 e. The highest BCUT2D eigenvalue weighted by Crippen LogP contribution is 2.44. The van der Waals surface area contributed by atoms with Crippen molar-refractivity contribution in [3.8, 4) is 0 Å². The number of rotatable bonds is 17. The summed E-state index contributed by atoms with van der Waals surface area (Å²) in [5.41, 5.74) is -3.26. The molecule has 78 heavy (non-hydrogen) atoms. The van der Waals surface area contributed by atoms with Crippen LogP contribution in [0.1, 0.15) is 120 Å². The van der Waals surface area contributed by atoms with Crippen LogP contribution in [0.4, 0.5) is 14.9 Å². The Bertz CT molecular complexity index is 2510. The summed E-state index contributed by atoms with van der Waals surface area (Å²) in [7, 11) is 6.61. The van der Waals surface area contributed by atoms with Crippen molar-refractivity contribution in [2.45, 2.75) is 204 Å². The largest absolute Gasteiger partial charge is 0.509 e. The molecule has 4 saturated heterocycles. The van der Waals surface area contributed by atoms with Crippen LogP contribution in [0.2, 0.25) is 0 Å². The van der Waals surface area contributed by atoms with Crippen LogP contribution in [-0.4, -0.2) is 176 Å². The fourth-order valence-electron chi connectivity index (χ4n) is 12.4. The van der Waals surface area contributed by atoms with Gasteiger partial charge in [0.15, 0.2) is 35.8 Å². The number of likely N-dealkylation sites (N-methyl/N-ethyl adjacent to an activating group) is 1. The third-order valence-corrected chi connectivity index (χ3v) is 16.8. The predicted octanol–water partition coefficient (Wildman–Crippen LogP) is 5.83. The second-order valence-corrected chi connectivity index (χ2v) is 23.2. The van der Waals surface area contributed by atoms with Crippen LogP contribution in [0, 0.1) is 29.5 Å². The zero-order valence-electron chi connectivity index (χ0n) is 47.9. The molecule has 1 aliphatic carbocycles. The van der Waals surface area contributed by atoms with E-state index in [1.807, 2.05) is 44.3 Å². The molecule has 0 radical (unpaired) electrons. The number of anilines is 1. The number of carbonyl (C=O) groups is 3. The van der Waals surface area contributed by atoms with Gasteiger partial charge in [0.2, 0.25) is 0 Å². The van der Waals surface area contributed by atoms with Gasteiger partial charge in [0, 0.05) is 80.7 Å². The number of hydrogen-bond donors (Lipinski definition) is 4. The summed E-state index contributed by atoms with van der Waals surface area (Å²) in [5, 5.41) is 35.8. The van der Waals surface area contributed by atoms with E-state index in [9.17, 15) is 29.4 Å². The second kappa shape index (κ2) is 25.1. The van der Waals surface area contributed by atoms with Gasteiger partial charge in [-0.25, -0.2) is 9.18 Å². The molecule has 7 rings (SSSR count). The number of cyclic esters (lactones) is 1. The summed E-state index contributed by atoms with van der Waals surface area (Å²) in [4.78, 5) is 61.1. The van der Waals surface area contributed by atoms with E-state index in [2.05, 4.69) is 15.8 Å². The summed E-state index contributed by atoms with van der Waals surface area (Å²) in [6, 6.07) is 4.36. The molecule has 4 aliphatic heterocycles. The molecule has 0 bridgehead atoms. The minimum Gasteiger partial charge on any atom is -0.458 e. The number of benzene rings is 1. The average Bonchev–Trinajstić information content (AvgIpc) is 4.25. The maximum Gasteiger partial charge on any atom is 0.509 e. The Hall–Kier alpha value is -4.52. The van der Waals surface area contributed by atoms with Gasteiger partial charge in [0.05, 0.1) is 59.3 Å².